The van der Waals surface area contributed by atoms with Gasteiger partial charge in [0.2, 0.25) is 5.69 Å². The molecule has 0 unspecified atom stereocenters. The number of carbonyl (C=O) groups is 1. The van der Waals surface area contributed by atoms with Crippen LogP contribution in [0.1, 0.15) is 16.1 Å². The summed E-state index contributed by atoms with van der Waals surface area (Å²) in [5, 5.41) is 17.7. The Kier molecular flexibility index (Phi) is 3.23. The zero-order valence-corrected chi connectivity index (χ0v) is 8.41. The van der Waals surface area contributed by atoms with Gasteiger partial charge in [0.05, 0.1) is 10.5 Å². The number of pyridine rings is 1. The minimum absolute atomic E-state index is 0.138. The lowest BCUT2D eigenvalue weighted by molar-refractivity contribution is -0.385. The fourth-order valence-electron chi connectivity index (χ4n) is 0.999. The fourth-order valence-corrected chi connectivity index (χ4v) is 1.31. The average molecular weight is 271 g/mol. The van der Waals surface area contributed by atoms with Crippen molar-refractivity contribution in [2.75, 3.05) is 0 Å². The predicted octanol–water partition coefficient (Wildman–Crippen LogP) is 2.36. The van der Waals surface area contributed by atoms with Crippen LogP contribution < -0.4 is 0 Å². The van der Waals surface area contributed by atoms with Crippen molar-refractivity contribution in [3.8, 4) is 0 Å². The molecule has 0 amide bonds. The quantitative estimate of drug-likeness (QED) is 0.657. The van der Waals surface area contributed by atoms with Crippen LogP contribution >= 0.6 is 11.6 Å². The minimum atomic E-state index is -4.95. The monoisotopic (exact) mass is 270 g/mol. The molecule has 1 heterocycles. The van der Waals surface area contributed by atoms with Crippen molar-refractivity contribution in [2.24, 2.45) is 0 Å². The van der Waals surface area contributed by atoms with E-state index in [9.17, 15) is 28.1 Å². The first kappa shape index (κ1) is 13.2. The van der Waals surface area contributed by atoms with E-state index in [1.54, 1.807) is 0 Å². The van der Waals surface area contributed by atoms with E-state index in [0.29, 0.717) is 0 Å². The van der Waals surface area contributed by atoms with Gasteiger partial charge in [-0.1, -0.05) is 11.6 Å². The van der Waals surface area contributed by atoms with Crippen molar-refractivity contribution in [3.63, 3.8) is 0 Å². The first-order chi connectivity index (χ1) is 7.66. The molecule has 0 spiro atoms. The number of aromatic nitrogens is 1. The van der Waals surface area contributed by atoms with E-state index in [1.807, 2.05) is 0 Å². The molecule has 0 bridgehead atoms. The summed E-state index contributed by atoms with van der Waals surface area (Å²) in [6.45, 7) is 0. The van der Waals surface area contributed by atoms with Crippen LogP contribution in [-0.2, 0) is 6.18 Å². The third-order valence-corrected chi connectivity index (χ3v) is 2.06. The summed E-state index contributed by atoms with van der Waals surface area (Å²) < 4.78 is 37.0. The van der Waals surface area contributed by atoms with Crippen LogP contribution in [0.4, 0.5) is 18.9 Å². The van der Waals surface area contributed by atoms with Crippen LogP contribution in [-0.4, -0.2) is 21.0 Å². The molecule has 0 aliphatic rings. The lowest BCUT2D eigenvalue weighted by atomic mass is 10.2. The molecule has 0 aliphatic heterocycles. The number of nitro groups is 1. The van der Waals surface area contributed by atoms with Gasteiger partial charge >= 0.3 is 17.8 Å². The molecule has 0 saturated heterocycles. The molecular weight excluding hydrogens is 269 g/mol. The lowest BCUT2D eigenvalue weighted by Gasteiger charge is -2.08. The summed E-state index contributed by atoms with van der Waals surface area (Å²) >= 11 is 5.17. The second-order valence-corrected chi connectivity index (χ2v) is 3.12. The fraction of sp³-hybridized carbons (Fsp3) is 0.143. The maximum absolute atomic E-state index is 12.3. The Hall–Kier alpha value is -1.90. The molecule has 1 rings (SSSR count). The van der Waals surface area contributed by atoms with E-state index in [1.165, 1.54) is 0 Å². The van der Waals surface area contributed by atoms with E-state index in [4.69, 9.17) is 16.7 Å². The van der Waals surface area contributed by atoms with Gasteiger partial charge in [-0.3, -0.25) is 10.1 Å². The van der Waals surface area contributed by atoms with Crippen LogP contribution in [0.25, 0.3) is 0 Å². The van der Waals surface area contributed by atoms with E-state index in [2.05, 4.69) is 4.98 Å². The number of alkyl halides is 3. The molecule has 0 aromatic carbocycles. The molecule has 10 heteroatoms. The first-order valence-electron chi connectivity index (χ1n) is 3.79. The highest BCUT2D eigenvalue weighted by Gasteiger charge is 2.39. The van der Waals surface area contributed by atoms with Crippen LogP contribution in [0.3, 0.4) is 0 Å². The Morgan fingerprint density at radius 1 is 1.53 bits per heavy atom. The number of rotatable bonds is 2. The van der Waals surface area contributed by atoms with Crippen LogP contribution in [0.15, 0.2) is 6.20 Å². The summed E-state index contributed by atoms with van der Waals surface area (Å²) in [6.07, 6.45) is -4.81. The number of carboxylic acid groups (broad SMARTS) is 1. The van der Waals surface area contributed by atoms with Gasteiger partial charge in [-0.2, -0.15) is 13.2 Å². The number of nitrogens with zero attached hydrogens (tertiary/aromatic N) is 2. The van der Waals surface area contributed by atoms with Crippen molar-refractivity contribution in [2.45, 2.75) is 6.18 Å². The highest BCUT2D eigenvalue weighted by molar-refractivity contribution is 6.34. The first-order valence-corrected chi connectivity index (χ1v) is 4.17. The van der Waals surface area contributed by atoms with Crippen molar-refractivity contribution < 1.29 is 28.0 Å². The Morgan fingerprint density at radius 2 is 2.06 bits per heavy atom. The lowest BCUT2D eigenvalue weighted by Crippen LogP contribution is -2.12. The normalized spacial score (nSPS) is 11.3. The summed E-state index contributed by atoms with van der Waals surface area (Å²) in [4.78, 5) is 22.6. The van der Waals surface area contributed by atoms with Crippen molar-refractivity contribution in [3.05, 3.63) is 32.6 Å². The topological polar surface area (TPSA) is 93.3 Å². The van der Waals surface area contributed by atoms with Crippen LogP contribution in [0.2, 0.25) is 5.02 Å². The minimum Gasteiger partial charge on any atom is -0.476 e. The Bertz CT molecular complexity index is 503. The summed E-state index contributed by atoms with van der Waals surface area (Å²) in [7, 11) is 0. The van der Waals surface area contributed by atoms with Gasteiger partial charge in [-0.15, -0.1) is 0 Å². The number of hydrogen-bond donors (Lipinski definition) is 1. The molecule has 0 fully saturated rings. The SMILES string of the molecule is O=C(O)c1ncc(C(F)(F)F)c(Cl)c1[N+](=O)[O-]. The molecular formula is C7H2ClF3N2O4. The van der Waals surface area contributed by atoms with E-state index < -0.39 is 39.0 Å². The maximum Gasteiger partial charge on any atom is 0.419 e. The van der Waals surface area contributed by atoms with Gasteiger partial charge in [0, 0.05) is 6.20 Å². The predicted molar refractivity (Wildman–Crippen MR) is 47.9 cm³/mol. The summed E-state index contributed by atoms with van der Waals surface area (Å²) in [5.74, 6) is -1.84. The average Bonchev–Trinajstić information content (AvgIpc) is 2.13. The number of hydrogen-bond acceptors (Lipinski definition) is 4. The van der Waals surface area contributed by atoms with Crippen LogP contribution in [0, 0.1) is 10.1 Å². The number of halogens is 4. The van der Waals surface area contributed by atoms with Gasteiger partial charge in [-0.25, -0.2) is 9.78 Å². The summed E-state index contributed by atoms with van der Waals surface area (Å²) in [6, 6.07) is 0. The highest BCUT2D eigenvalue weighted by atomic mass is 35.5. The third-order valence-electron chi connectivity index (χ3n) is 1.68. The smallest absolute Gasteiger partial charge is 0.419 e. The molecule has 1 aromatic rings. The zero-order valence-electron chi connectivity index (χ0n) is 7.66. The van der Waals surface area contributed by atoms with Gasteiger partial charge in [0.15, 0.2) is 0 Å². The Balaban J connectivity index is 3.61. The molecule has 0 atom stereocenters. The second-order valence-electron chi connectivity index (χ2n) is 2.74. The maximum atomic E-state index is 12.3. The standard InChI is InChI=1S/C7H2ClF3N2O4/c8-3-2(7(9,10)11)1-12-4(6(14)15)5(3)13(16)17/h1H,(H,14,15). The molecule has 17 heavy (non-hydrogen) atoms. The van der Waals surface area contributed by atoms with Crippen LogP contribution in [0.5, 0.6) is 0 Å². The molecule has 0 saturated carbocycles. The summed E-state index contributed by atoms with van der Waals surface area (Å²) in [5.41, 5.74) is -4.09. The van der Waals surface area contributed by atoms with E-state index >= 15 is 0 Å². The third kappa shape index (κ3) is 2.44. The molecule has 0 radical (unpaired) electrons. The molecule has 1 aromatic heterocycles. The largest absolute Gasteiger partial charge is 0.476 e. The van der Waals surface area contributed by atoms with Gasteiger partial charge in [0.25, 0.3) is 0 Å². The number of carboxylic acids is 1. The highest BCUT2D eigenvalue weighted by Crippen LogP contribution is 2.39. The van der Waals surface area contributed by atoms with Crippen molar-refractivity contribution in [1.29, 1.82) is 0 Å². The molecule has 92 valence electrons. The van der Waals surface area contributed by atoms with Crippen molar-refractivity contribution >= 4 is 23.3 Å². The van der Waals surface area contributed by atoms with Gasteiger partial charge in [-0.05, 0) is 0 Å². The zero-order chi connectivity index (χ0) is 13.4. The van der Waals surface area contributed by atoms with E-state index in [-0.39, 0.29) is 6.20 Å². The number of aromatic carboxylic acids is 1. The van der Waals surface area contributed by atoms with Gasteiger partial charge in [0.1, 0.15) is 5.02 Å². The Labute approximate surface area is 95.8 Å². The van der Waals surface area contributed by atoms with Crippen molar-refractivity contribution in [1.82, 2.24) is 4.98 Å². The molecule has 6 nitrogen and oxygen atoms in total. The molecule has 1 N–H and O–H groups in total. The van der Waals surface area contributed by atoms with E-state index in [0.717, 1.165) is 0 Å². The second kappa shape index (κ2) is 4.17. The Morgan fingerprint density at radius 3 is 2.41 bits per heavy atom. The van der Waals surface area contributed by atoms with Gasteiger partial charge < -0.3 is 5.11 Å². The molecule has 0 aliphatic carbocycles.